The normalized spacial score (nSPS) is 39.1. The first-order valence-electron chi connectivity index (χ1n) is 7.35. The first-order chi connectivity index (χ1) is 7.83. The zero-order chi connectivity index (χ0) is 11.0. The van der Waals surface area contributed by atoms with Crippen LogP contribution in [0.5, 0.6) is 0 Å². The molecule has 0 radical (unpaired) electrons. The largest absolute Gasteiger partial charge is 0.299 e. The highest BCUT2D eigenvalue weighted by atomic mass is 16.1. The summed E-state index contributed by atoms with van der Waals surface area (Å²) in [6.07, 6.45) is 13.1. The van der Waals surface area contributed by atoms with E-state index in [2.05, 4.69) is 0 Å². The van der Waals surface area contributed by atoms with Gasteiger partial charge < -0.3 is 0 Å². The highest BCUT2D eigenvalue weighted by Gasteiger charge is 2.42. The Labute approximate surface area is 99.0 Å². The van der Waals surface area contributed by atoms with E-state index in [1.807, 2.05) is 0 Å². The molecule has 0 aromatic rings. The lowest BCUT2D eigenvalue weighted by Crippen LogP contribution is -2.24. The van der Waals surface area contributed by atoms with Crippen LogP contribution in [0.2, 0.25) is 0 Å². The van der Waals surface area contributed by atoms with Crippen LogP contribution in [0.25, 0.3) is 0 Å². The van der Waals surface area contributed by atoms with Crippen LogP contribution in [-0.2, 0) is 4.79 Å². The maximum Gasteiger partial charge on any atom is 0.136 e. The summed E-state index contributed by atoms with van der Waals surface area (Å²) in [5, 5.41) is 0. The SMILES string of the molecule is O=C(CC1CCCCC1)C1CC2CCC1C2. The molecule has 0 N–H and O–H groups in total. The van der Waals surface area contributed by atoms with E-state index in [1.165, 1.54) is 57.8 Å². The predicted molar refractivity (Wildman–Crippen MR) is 65.1 cm³/mol. The van der Waals surface area contributed by atoms with Crippen molar-refractivity contribution in [3.63, 3.8) is 0 Å². The van der Waals surface area contributed by atoms with Gasteiger partial charge in [0.2, 0.25) is 0 Å². The number of ketones is 1. The molecule has 3 rings (SSSR count). The summed E-state index contributed by atoms with van der Waals surface area (Å²) in [4.78, 5) is 12.3. The van der Waals surface area contributed by atoms with Gasteiger partial charge in [-0.25, -0.2) is 0 Å². The van der Waals surface area contributed by atoms with Crippen LogP contribution in [0.4, 0.5) is 0 Å². The number of rotatable bonds is 3. The first kappa shape index (κ1) is 10.8. The minimum atomic E-state index is 0.487. The third-order valence-electron chi connectivity index (χ3n) is 5.37. The average Bonchev–Trinajstić information content (AvgIpc) is 2.92. The Kier molecular flexibility index (Phi) is 3.04. The van der Waals surface area contributed by atoms with E-state index in [0.717, 1.165) is 24.2 Å². The molecule has 1 nitrogen and oxygen atoms in total. The van der Waals surface area contributed by atoms with Crippen LogP contribution in [-0.4, -0.2) is 5.78 Å². The average molecular weight is 220 g/mol. The van der Waals surface area contributed by atoms with E-state index in [4.69, 9.17) is 0 Å². The molecule has 0 saturated heterocycles. The number of fused-ring (bicyclic) bond motifs is 2. The van der Waals surface area contributed by atoms with Gasteiger partial charge in [0.15, 0.2) is 0 Å². The van der Waals surface area contributed by atoms with E-state index in [0.29, 0.717) is 11.7 Å². The van der Waals surface area contributed by atoms with Crippen LogP contribution < -0.4 is 0 Å². The Morgan fingerprint density at radius 3 is 2.38 bits per heavy atom. The predicted octanol–water partition coefficient (Wildman–Crippen LogP) is 3.96. The summed E-state index contributed by atoms with van der Waals surface area (Å²) in [5.74, 6) is 3.59. The molecule has 0 aliphatic heterocycles. The molecular weight excluding hydrogens is 196 g/mol. The molecule has 90 valence electrons. The Morgan fingerprint density at radius 1 is 0.938 bits per heavy atom. The lowest BCUT2D eigenvalue weighted by molar-refractivity contribution is -0.125. The smallest absolute Gasteiger partial charge is 0.136 e. The van der Waals surface area contributed by atoms with E-state index in [1.54, 1.807) is 0 Å². The second kappa shape index (κ2) is 4.50. The van der Waals surface area contributed by atoms with Gasteiger partial charge in [0.25, 0.3) is 0 Å². The highest BCUT2D eigenvalue weighted by molar-refractivity contribution is 5.82. The van der Waals surface area contributed by atoms with Gasteiger partial charge in [-0.05, 0) is 37.0 Å². The van der Waals surface area contributed by atoms with Crippen LogP contribution in [0.1, 0.15) is 64.2 Å². The standard InChI is InChI=1S/C15H24O/c16-15(10-11-4-2-1-3-5-11)14-9-12-6-7-13(14)8-12/h11-14H,1-10H2. The van der Waals surface area contributed by atoms with Crippen molar-refractivity contribution in [1.82, 2.24) is 0 Å². The molecular formula is C15H24O. The third-order valence-corrected chi connectivity index (χ3v) is 5.37. The van der Waals surface area contributed by atoms with Crippen molar-refractivity contribution in [1.29, 1.82) is 0 Å². The zero-order valence-corrected chi connectivity index (χ0v) is 10.3. The molecule has 0 aromatic carbocycles. The number of hydrogen-bond acceptors (Lipinski definition) is 1. The molecule has 3 saturated carbocycles. The monoisotopic (exact) mass is 220 g/mol. The summed E-state index contributed by atoms with van der Waals surface area (Å²) in [6.45, 7) is 0. The second-order valence-corrected chi connectivity index (χ2v) is 6.46. The summed E-state index contributed by atoms with van der Waals surface area (Å²) in [6, 6.07) is 0. The number of Topliss-reactive ketones (excluding diaryl/α,β-unsaturated/α-hetero) is 1. The van der Waals surface area contributed by atoms with Gasteiger partial charge in [-0.15, -0.1) is 0 Å². The van der Waals surface area contributed by atoms with Crippen LogP contribution in [0, 0.1) is 23.7 Å². The molecule has 3 aliphatic rings. The van der Waals surface area contributed by atoms with Crippen molar-refractivity contribution >= 4 is 5.78 Å². The Hall–Kier alpha value is -0.330. The van der Waals surface area contributed by atoms with Crippen LogP contribution in [0.3, 0.4) is 0 Å². The fourth-order valence-electron chi connectivity index (χ4n) is 4.47. The van der Waals surface area contributed by atoms with Gasteiger partial charge >= 0.3 is 0 Å². The van der Waals surface area contributed by atoms with Crippen molar-refractivity contribution in [3.8, 4) is 0 Å². The van der Waals surface area contributed by atoms with Crippen LogP contribution in [0.15, 0.2) is 0 Å². The van der Waals surface area contributed by atoms with Crippen molar-refractivity contribution in [2.75, 3.05) is 0 Å². The highest BCUT2D eigenvalue weighted by Crippen LogP contribution is 2.49. The summed E-state index contributed by atoms with van der Waals surface area (Å²) in [5.41, 5.74) is 0. The van der Waals surface area contributed by atoms with E-state index >= 15 is 0 Å². The molecule has 0 amide bonds. The third kappa shape index (κ3) is 2.06. The van der Waals surface area contributed by atoms with Crippen molar-refractivity contribution in [2.24, 2.45) is 23.7 Å². The molecule has 0 spiro atoms. The molecule has 16 heavy (non-hydrogen) atoms. The first-order valence-corrected chi connectivity index (χ1v) is 7.35. The Morgan fingerprint density at radius 2 is 1.75 bits per heavy atom. The maximum absolute atomic E-state index is 12.3. The lowest BCUT2D eigenvalue weighted by atomic mass is 9.79. The molecule has 2 bridgehead atoms. The minimum Gasteiger partial charge on any atom is -0.299 e. The maximum atomic E-state index is 12.3. The van der Waals surface area contributed by atoms with Crippen molar-refractivity contribution in [2.45, 2.75) is 64.2 Å². The summed E-state index contributed by atoms with van der Waals surface area (Å²) < 4.78 is 0. The van der Waals surface area contributed by atoms with E-state index in [9.17, 15) is 4.79 Å². The zero-order valence-electron chi connectivity index (χ0n) is 10.3. The quantitative estimate of drug-likeness (QED) is 0.703. The van der Waals surface area contributed by atoms with Gasteiger partial charge in [-0.1, -0.05) is 38.5 Å². The molecule has 0 aromatic heterocycles. The fraction of sp³-hybridized carbons (Fsp3) is 0.933. The van der Waals surface area contributed by atoms with Crippen LogP contribution >= 0.6 is 0 Å². The van der Waals surface area contributed by atoms with Crippen molar-refractivity contribution in [3.05, 3.63) is 0 Å². The molecule has 1 heteroatoms. The Balaban J connectivity index is 1.53. The summed E-state index contributed by atoms with van der Waals surface area (Å²) in [7, 11) is 0. The van der Waals surface area contributed by atoms with Gasteiger partial charge in [-0.3, -0.25) is 4.79 Å². The molecule has 3 aliphatic carbocycles. The lowest BCUT2D eigenvalue weighted by Gasteiger charge is -2.25. The molecule has 3 unspecified atom stereocenters. The van der Waals surface area contributed by atoms with Gasteiger partial charge in [0.05, 0.1) is 0 Å². The molecule has 3 fully saturated rings. The molecule has 3 atom stereocenters. The van der Waals surface area contributed by atoms with Gasteiger partial charge in [0, 0.05) is 12.3 Å². The number of carbonyl (C=O) groups is 1. The van der Waals surface area contributed by atoms with Gasteiger partial charge in [-0.2, -0.15) is 0 Å². The Bertz CT molecular complexity index is 265. The number of carbonyl (C=O) groups excluding carboxylic acids is 1. The van der Waals surface area contributed by atoms with Gasteiger partial charge in [0.1, 0.15) is 5.78 Å². The van der Waals surface area contributed by atoms with Crippen molar-refractivity contribution < 1.29 is 4.79 Å². The topological polar surface area (TPSA) is 17.1 Å². The minimum absolute atomic E-state index is 0.487. The van der Waals surface area contributed by atoms with E-state index < -0.39 is 0 Å². The second-order valence-electron chi connectivity index (χ2n) is 6.46. The molecule has 0 heterocycles. The fourth-order valence-corrected chi connectivity index (χ4v) is 4.47. The summed E-state index contributed by atoms with van der Waals surface area (Å²) >= 11 is 0. The number of hydrogen-bond donors (Lipinski definition) is 0. The van der Waals surface area contributed by atoms with E-state index in [-0.39, 0.29) is 0 Å².